The first kappa shape index (κ1) is 15.0. The van der Waals surface area contributed by atoms with Gasteiger partial charge in [-0.3, -0.25) is 11.3 Å². The zero-order valence-electron chi connectivity index (χ0n) is 11.6. The van der Waals surface area contributed by atoms with Crippen molar-refractivity contribution in [2.24, 2.45) is 11.8 Å². The van der Waals surface area contributed by atoms with Gasteiger partial charge in [-0.05, 0) is 36.5 Å². The van der Waals surface area contributed by atoms with Crippen LogP contribution in [0.2, 0.25) is 0 Å². The Morgan fingerprint density at radius 1 is 1.28 bits per heavy atom. The summed E-state index contributed by atoms with van der Waals surface area (Å²) in [5.41, 5.74) is 3.99. The minimum atomic E-state index is 0.662. The summed E-state index contributed by atoms with van der Waals surface area (Å²) >= 11 is 0. The first-order chi connectivity index (χ1) is 8.80. The smallest absolute Gasteiger partial charge is 0.119 e. The highest BCUT2D eigenvalue weighted by atomic mass is 16.5. The number of hydrogen-bond acceptors (Lipinski definition) is 3. The third-order valence-electron chi connectivity index (χ3n) is 3.33. The number of nitrogens with one attached hydrogen (secondary N) is 1. The Morgan fingerprint density at radius 2 is 2.06 bits per heavy atom. The molecule has 0 saturated carbocycles. The van der Waals surface area contributed by atoms with Crippen LogP contribution < -0.4 is 16.0 Å². The Bertz CT molecular complexity index is 324. The SMILES string of the molecule is CCC(CC)COc1cccc(CCCNN)c1. The van der Waals surface area contributed by atoms with E-state index in [-0.39, 0.29) is 0 Å². The van der Waals surface area contributed by atoms with Gasteiger partial charge in [0.15, 0.2) is 0 Å². The number of ether oxygens (including phenoxy) is 1. The van der Waals surface area contributed by atoms with Crippen molar-refractivity contribution in [3.05, 3.63) is 29.8 Å². The second-order valence-corrected chi connectivity index (χ2v) is 4.70. The molecule has 0 aromatic heterocycles. The summed E-state index contributed by atoms with van der Waals surface area (Å²) in [5, 5.41) is 0. The largest absolute Gasteiger partial charge is 0.493 e. The van der Waals surface area contributed by atoms with E-state index >= 15 is 0 Å². The molecule has 3 heteroatoms. The summed E-state index contributed by atoms with van der Waals surface area (Å²) in [5.74, 6) is 6.91. The molecule has 0 amide bonds. The van der Waals surface area contributed by atoms with Gasteiger partial charge in [0.1, 0.15) is 5.75 Å². The standard InChI is InChI=1S/C15H26N2O/c1-3-13(4-2)12-18-15-9-5-7-14(11-15)8-6-10-17-16/h5,7,9,11,13,17H,3-4,6,8,10,12,16H2,1-2H3. The van der Waals surface area contributed by atoms with Gasteiger partial charge in [-0.1, -0.05) is 38.8 Å². The van der Waals surface area contributed by atoms with Crippen LogP contribution in [0.5, 0.6) is 5.75 Å². The fraction of sp³-hybridized carbons (Fsp3) is 0.600. The number of hydrogen-bond donors (Lipinski definition) is 2. The number of hydrazine groups is 1. The number of rotatable bonds is 9. The number of benzene rings is 1. The number of nitrogens with two attached hydrogens (primary N) is 1. The molecule has 3 nitrogen and oxygen atoms in total. The first-order valence-corrected chi connectivity index (χ1v) is 6.95. The summed E-state index contributed by atoms with van der Waals surface area (Å²) in [6.07, 6.45) is 4.44. The maximum atomic E-state index is 5.86. The summed E-state index contributed by atoms with van der Waals surface area (Å²) in [6.45, 7) is 6.10. The molecule has 0 aliphatic carbocycles. The van der Waals surface area contributed by atoms with Crippen molar-refractivity contribution in [2.75, 3.05) is 13.2 Å². The van der Waals surface area contributed by atoms with Crippen LogP contribution in [-0.2, 0) is 6.42 Å². The van der Waals surface area contributed by atoms with E-state index in [0.29, 0.717) is 5.92 Å². The number of aryl methyl sites for hydroxylation is 1. The highest BCUT2D eigenvalue weighted by Crippen LogP contribution is 2.17. The summed E-state index contributed by atoms with van der Waals surface area (Å²) in [4.78, 5) is 0. The second kappa shape index (κ2) is 8.95. The molecule has 0 radical (unpaired) electrons. The maximum Gasteiger partial charge on any atom is 0.119 e. The van der Waals surface area contributed by atoms with Crippen molar-refractivity contribution in [3.8, 4) is 5.75 Å². The summed E-state index contributed by atoms with van der Waals surface area (Å²) < 4.78 is 5.86. The third-order valence-corrected chi connectivity index (χ3v) is 3.33. The van der Waals surface area contributed by atoms with Gasteiger partial charge >= 0.3 is 0 Å². The molecule has 0 spiro atoms. The molecule has 0 saturated heterocycles. The summed E-state index contributed by atoms with van der Waals surface area (Å²) in [7, 11) is 0. The first-order valence-electron chi connectivity index (χ1n) is 6.95. The second-order valence-electron chi connectivity index (χ2n) is 4.70. The van der Waals surface area contributed by atoms with Gasteiger partial charge in [-0.2, -0.15) is 0 Å². The van der Waals surface area contributed by atoms with Gasteiger partial charge in [0.25, 0.3) is 0 Å². The lowest BCUT2D eigenvalue weighted by molar-refractivity contribution is 0.240. The topological polar surface area (TPSA) is 47.3 Å². The van der Waals surface area contributed by atoms with Crippen LogP contribution in [0.3, 0.4) is 0 Å². The van der Waals surface area contributed by atoms with Gasteiger partial charge in [-0.15, -0.1) is 0 Å². The molecular formula is C15H26N2O. The van der Waals surface area contributed by atoms with Crippen LogP contribution in [0.4, 0.5) is 0 Å². The van der Waals surface area contributed by atoms with Crippen molar-refractivity contribution in [1.29, 1.82) is 0 Å². The lowest BCUT2D eigenvalue weighted by atomic mass is 10.1. The summed E-state index contributed by atoms with van der Waals surface area (Å²) in [6, 6.07) is 8.37. The van der Waals surface area contributed by atoms with Crippen molar-refractivity contribution < 1.29 is 4.74 Å². The quantitative estimate of drug-likeness (QED) is 0.402. The van der Waals surface area contributed by atoms with E-state index in [1.165, 1.54) is 18.4 Å². The van der Waals surface area contributed by atoms with E-state index in [1.54, 1.807) is 0 Å². The van der Waals surface area contributed by atoms with Crippen molar-refractivity contribution in [1.82, 2.24) is 5.43 Å². The highest BCUT2D eigenvalue weighted by molar-refractivity contribution is 5.28. The molecule has 1 rings (SSSR count). The van der Waals surface area contributed by atoms with E-state index in [2.05, 4.69) is 37.5 Å². The molecule has 0 fully saturated rings. The average Bonchev–Trinajstić information content (AvgIpc) is 2.41. The molecule has 0 atom stereocenters. The van der Waals surface area contributed by atoms with Gasteiger partial charge in [0, 0.05) is 6.54 Å². The monoisotopic (exact) mass is 250 g/mol. The normalized spacial score (nSPS) is 10.9. The molecule has 3 N–H and O–H groups in total. The molecule has 1 aromatic rings. The van der Waals surface area contributed by atoms with Gasteiger partial charge < -0.3 is 4.74 Å². The Morgan fingerprint density at radius 3 is 2.72 bits per heavy atom. The van der Waals surface area contributed by atoms with Gasteiger partial charge in [0.2, 0.25) is 0 Å². The Hall–Kier alpha value is -1.06. The van der Waals surface area contributed by atoms with Crippen LogP contribution in [0.25, 0.3) is 0 Å². The highest BCUT2D eigenvalue weighted by Gasteiger charge is 2.04. The maximum absolute atomic E-state index is 5.86. The van der Waals surface area contributed by atoms with Crippen molar-refractivity contribution in [2.45, 2.75) is 39.5 Å². The molecule has 0 heterocycles. The fourth-order valence-electron chi connectivity index (χ4n) is 1.92. The molecule has 18 heavy (non-hydrogen) atoms. The zero-order chi connectivity index (χ0) is 13.2. The molecule has 1 aromatic carbocycles. The molecule has 102 valence electrons. The van der Waals surface area contributed by atoms with Crippen LogP contribution >= 0.6 is 0 Å². The zero-order valence-corrected chi connectivity index (χ0v) is 11.6. The van der Waals surface area contributed by atoms with E-state index in [1.807, 2.05) is 6.07 Å². The molecule has 0 aliphatic heterocycles. The Labute approximate surface area is 111 Å². The minimum absolute atomic E-state index is 0.662. The van der Waals surface area contributed by atoms with Crippen molar-refractivity contribution in [3.63, 3.8) is 0 Å². The van der Waals surface area contributed by atoms with Gasteiger partial charge in [0.05, 0.1) is 6.61 Å². The molecule has 0 unspecified atom stereocenters. The third kappa shape index (κ3) is 5.52. The van der Waals surface area contributed by atoms with Crippen molar-refractivity contribution >= 4 is 0 Å². The lowest BCUT2D eigenvalue weighted by Gasteiger charge is -2.14. The molecule has 0 aliphatic rings. The Kier molecular flexibility index (Phi) is 7.46. The van der Waals surface area contributed by atoms with Crippen LogP contribution in [0.1, 0.15) is 38.7 Å². The minimum Gasteiger partial charge on any atom is -0.493 e. The Balaban J connectivity index is 2.43. The van der Waals surface area contributed by atoms with E-state index in [4.69, 9.17) is 10.6 Å². The fourth-order valence-corrected chi connectivity index (χ4v) is 1.92. The van der Waals surface area contributed by atoms with Gasteiger partial charge in [-0.25, -0.2) is 0 Å². The van der Waals surface area contributed by atoms with E-state index < -0.39 is 0 Å². The van der Waals surface area contributed by atoms with Crippen LogP contribution in [-0.4, -0.2) is 13.2 Å². The van der Waals surface area contributed by atoms with E-state index in [9.17, 15) is 0 Å². The van der Waals surface area contributed by atoms with E-state index in [0.717, 1.165) is 31.7 Å². The van der Waals surface area contributed by atoms with Crippen LogP contribution in [0.15, 0.2) is 24.3 Å². The lowest BCUT2D eigenvalue weighted by Crippen LogP contribution is -2.23. The molecule has 0 bridgehead atoms. The predicted octanol–water partition coefficient (Wildman–Crippen LogP) is 2.90. The molecular weight excluding hydrogens is 224 g/mol. The van der Waals surface area contributed by atoms with Crippen LogP contribution in [0, 0.1) is 5.92 Å². The predicted molar refractivity (Wildman–Crippen MR) is 76.5 cm³/mol. The average molecular weight is 250 g/mol.